The van der Waals surface area contributed by atoms with Crippen LogP contribution in [0.2, 0.25) is 0 Å². The van der Waals surface area contributed by atoms with E-state index in [2.05, 4.69) is 31.0 Å². The molecule has 1 heterocycles. The van der Waals surface area contributed by atoms with Crippen LogP contribution in [0.5, 0.6) is 0 Å². The van der Waals surface area contributed by atoms with Crippen molar-refractivity contribution in [3.05, 3.63) is 0 Å². The number of rotatable bonds is 6. The maximum atomic E-state index is 11.8. The van der Waals surface area contributed by atoms with E-state index in [0.29, 0.717) is 12.3 Å². The average molecular weight is 305 g/mol. The minimum atomic E-state index is -2.89. The normalized spacial score (nSPS) is 19.7. The summed E-state index contributed by atoms with van der Waals surface area (Å²) in [5.41, 5.74) is 0.183. The summed E-state index contributed by atoms with van der Waals surface area (Å²) >= 11 is 0. The molecule has 1 N–H and O–H groups in total. The lowest BCUT2D eigenvalue weighted by atomic mass is 9.95. The second-order valence-corrected chi connectivity index (χ2v) is 10.0. The summed E-state index contributed by atoms with van der Waals surface area (Å²) in [4.78, 5) is 2.30. The zero-order valence-corrected chi connectivity index (χ0v) is 14.6. The standard InChI is InChI=1S/C15H32N2O2S/c1-13(2)20(18,19)11-10-17-8-6-14(7-9-17)12-16-15(3,4)5/h13-14,16H,6-12H2,1-5H3. The molecule has 0 atom stereocenters. The van der Waals surface area contributed by atoms with Crippen LogP contribution in [0, 0.1) is 5.92 Å². The fourth-order valence-electron chi connectivity index (χ4n) is 2.36. The van der Waals surface area contributed by atoms with E-state index >= 15 is 0 Å². The smallest absolute Gasteiger partial charge is 0.153 e. The third-order valence-corrected chi connectivity index (χ3v) is 6.23. The molecule has 0 aromatic carbocycles. The Balaban J connectivity index is 2.26. The Kier molecular flexibility index (Phi) is 6.48. The molecule has 1 aliphatic rings. The molecule has 0 saturated carbocycles. The van der Waals surface area contributed by atoms with Crippen molar-refractivity contribution in [3.8, 4) is 0 Å². The van der Waals surface area contributed by atoms with Crippen LogP contribution in [0.15, 0.2) is 0 Å². The summed E-state index contributed by atoms with van der Waals surface area (Å²) in [5, 5.41) is 3.31. The van der Waals surface area contributed by atoms with Gasteiger partial charge in [-0.3, -0.25) is 0 Å². The van der Waals surface area contributed by atoms with E-state index in [1.807, 2.05) is 0 Å². The summed E-state index contributed by atoms with van der Waals surface area (Å²) < 4.78 is 23.6. The van der Waals surface area contributed by atoms with Crippen molar-refractivity contribution < 1.29 is 8.42 Å². The number of nitrogens with one attached hydrogen (secondary N) is 1. The van der Waals surface area contributed by atoms with E-state index < -0.39 is 9.84 Å². The largest absolute Gasteiger partial charge is 0.312 e. The predicted octanol–water partition coefficient (Wildman–Crippen LogP) is 1.91. The lowest BCUT2D eigenvalue weighted by Crippen LogP contribution is -2.43. The molecule has 0 bridgehead atoms. The molecule has 0 amide bonds. The molecule has 0 aromatic rings. The Morgan fingerprint density at radius 2 is 1.75 bits per heavy atom. The highest BCUT2D eigenvalue weighted by Crippen LogP contribution is 2.17. The quantitative estimate of drug-likeness (QED) is 0.814. The van der Waals surface area contributed by atoms with Gasteiger partial charge in [-0.15, -0.1) is 0 Å². The lowest BCUT2D eigenvalue weighted by Gasteiger charge is -2.33. The monoisotopic (exact) mass is 304 g/mol. The highest BCUT2D eigenvalue weighted by Gasteiger charge is 2.23. The molecule has 1 saturated heterocycles. The number of likely N-dealkylation sites (tertiary alicyclic amines) is 1. The van der Waals surface area contributed by atoms with Gasteiger partial charge in [0.2, 0.25) is 0 Å². The van der Waals surface area contributed by atoms with Gasteiger partial charge in [0.25, 0.3) is 0 Å². The molecule has 1 aliphatic heterocycles. The van der Waals surface area contributed by atoms with Crippen molar-refractivity contribution in [1.29, 1.82) is 0 Å². The second-order valence-electron chi connectivity index (χ2n) is 7.33. The van der Waals surface area contributed by atoms with Crippen LogP contribution >= 0.6 is 0 Å². The van der Waals surface area contributed by atoms with Crippen molar-refractivity contribution in [2.45, 2.75) is 58.2 Å². The van der Waals surface area contributed by atoms with Gasteiger partial charge < -0.3 is 10.2 Å². The first-order valence-electron chi connectivity index (χ1n) is 7.79. The Morgan fingerprint density at radius 3 is 2.20 bits per heavy atom. The van der Waals surface area contributed by atoms with Gasteiger partial charge in [0.05, 0.1) is 11.0 Å². The van der Waals surface area contributed by atoms with Crippen LogP contribution in [0.3, 0.4) is 0 Å². The van der Waals surface area contributed by atoms with Crippen molar-refractivity contribution in [1.82, 2.24) is 10.2 Å². The number of hydrogen-bond acceptors (Lipinski definition) is 4. The lowest BCUT2D eigenvalue weighted by molar-refractivity contribution is 0.184. The molecular weight excluding hydrogens is 272 g/mol. The van der Waals surface area contributed by atoms with E-state index in [1.165, 1.54) is 12.8 Å². The van der Waals surface area contributed by atoms with Gasteiger partial charge in [-0.05, 0) is 73.0 Å². The van der Waals surface area contributed by atoms with Crippen molar-refractivity contribution >= 4 is 9.84 Å². The van der Waals surface area contributed by atoms with Crippen LogP contribution in [0.4, 0.5) is 0 Å². The minimum Gasteiger partial charge on any atom is -0.312 e. The minimum absolute atomic E-state index is 0.183. The van der Waals surface area contributed by atoms with Crippen LogP contribution in [0.25, 0.3) is 0 Å². The zero-order valence-electron chi connectivity index (χ0n) is 13.8. The van der Waals surface area contributed by atoms with E-state index in [4.69, 9.17) is 0 Å². The molecule has 0 aromatic heterocycles. The molecule has 1 rings (SSSR count). The first-order valence-corrected chi connectivity index (χ1v) is 9.50. The first-order chi connectivity index (χ1) is 9.10. The summed E-state index contributed by atoms with van der Waals surface area (Å²) in [6.45, 7) is 13.9. The van der Waals surface area contributed by atoms with Crippen molar-refractivity contribution in [3.63, 3.8) is 0 Å². The maximum Gasteiger partial charge on any atom is 0.153 e. The van der Waals surface area contributed by atoms with Crippen molar-refractivity contribution in [2.75, 3.05) is 31.9 Å². The van der Waals surface area contributed by atoms with Gasteiger partial charge in [0.15, 0.2) is 9.84 Å². The van der Waals surface area contributed by atoms with Gasteiger partial charge in [-0.25, -0.2) is 8.42 Å². The van der Waals surface area contributed by atoms with Gasteiger partial charge in [0, 0.05) is 12.1 Å². The SMILES string of the molecule is CC(C)S(=O)(=O)CCN1CCC(CNC(C)(C)C)CC1. The molecule has 5 heteroatoms. The van der Waals surface area contributed by atoms with E-state index in [9.17, 15) is 8.42 Å². The van der Waals surface area contributed by atoms with Crippen LogP contribution in [0.1, 0.15) is 47.5 Å². The molecular formula is C15H32N2O2S. The average Bonchev–Trinajstić information content (AvgIpc) is 2.34. The van der Waals surface area contributed by atoms with Crippen molar-refractivity contribution in [2.24, 2.45) is 5.92 Å². The van der Waals surface area contributed by atoms with E-state index in [1.54, 1.807) is 13.8 Å². The number of nitrogens with zero attached hydrogens (tertiary/aromatic N) is 1. The third kappa shape index (κ3) is 6.55. The molecule has 20 heavy (non-hydrogen) atoms. The van der Waals surface area contributed by atoms with Crippen LogP contribution in [-0.2, 0) is 9.84 Å². The Labute approximate surface area is 125 Å². The highest BCUT2D eigenvalue weighted by molar-refractivity contribution is 7.92. The number of sulfone groups is 1. The highest BCUT2D eigenvalue weighted by atomic mass is 32.2. The van der Waals surface area contributed by atoms with E-state index in [-0.39, 0.29) is 10.8 Å². The molecule has 0 unspecified atom stereocenters. The molecule has 1 fully saturated rings. The van der Waals surface area contributed by atoms with E-state index in [0.717, 1.165) is 25.6 Å². The maximum absolute atomic E-state index is 11.8. The fourth-order valence-corrected chi connectivity index (χ4v) is 3.34. The van der Waals surface area contributed by atoms with Gasteiger partial charge in [0.1, 0.15) is 0 Å². The molecule has 0 spiro atoms. The number of piperidine rings is 1. The third-order valence-electron chi connectivity index (χ3n) is 4.04. The summed E-state index contributed by atoms with van der Waals surface area (Å²) in [6, 6.07) is 0. The van der Waals surface area contributed by atoms with Crippen LogP contribution < -0.4 is 5.32 Å². The van der Waals surface area contributed by atoms with Gasteiger partial charge in [-0.1, -0.05) is 0 Å². The second kappa shape index (κ2) is 7.23. The summed E-state index contributed by atoms with van der Waals surface area (Å²) in [7, 11) is -2.89. The molecule has 0 aliphatic carbocycles. The fraction of sp³-hybridized carbons (Fsp3) is 1.00. The Morgan fingerprint density at radius 1 is 1.20 bits per heavy atom. The molecule has 4 nitrogen and oxygen atoms in total. The Hall–Kier alpha value is -0.130. The van der Waals surface area contributed by atoms with Gasteiger partial charge >= 0.3 is 0 Å². The topological polar surface area (TPSA) is 49.4 Å². The zero-order chi connectivity index (χ0) is 15.4. The summed E-state index contributed by atoms with van der Waals surface area (Å²) in [5.74, 6) is 1.03. The van der Waals surface area contributed by atoms with Gasteiger partial charge in [-0.2, -0.15) is 0 Å². The summed E-state index contributed by atoms with van der Waals surface area (Å²) in [6.07, 6.45) is 2.34. The van der Waals surface area contributed by atoms with Crippen LogP contribution in [-0.4, -0.2) is 56.0 Å². The molecule has 120 valence electrons. The molecule has 0 radical (unpaired) electrons. The Bertz CT molecular complexity index is 377. The number of hydrogen-bond donors (Lipinski definition) is 1. The predicted molar refractivity (Wildman–Crippen MR) is 85.8 cm³/mol. The first kappa shape index (κ1) is 17.9.